The third kappa shape index (κ3) is 2.28. The summed E-state index contributed by atoms with van der Waals surface area (Å²) in [5.41, 5.74) is -1.91. The summed E-state index contributed by atoms with van der Waals surface area (Å²) in [6.07, 6.45) is -0.933. The highest BCUT2D eigenvalue weighted by atomic mass is 19.4. The van der Waals surface area contributed by atoms with Crippen LogP contribution in [0.25, 0.3) is 0 Å². The number of halogens is 3. The van der Waals surface area contributed by atoms with Crippen LogP contribution < -0.4 is 5.32 Å². The Kier molecular flexibility index (Phi) is 2.73. The molecule has 1 aromatic rings. The highest BCUT2D eigenvalue weighted by Gasteiger charge is 2.64. The molecule has 1 saturated heterocycles. The molecular weight excluding hydrogens is 255 g/mol. The van der Waals surface area contributed by atoms with Gasteiger partial charge in [-0.3, -0.25) is 0 Å². The molecule has 1 aliphatic heterocycles. The Morgan fingerprint density at radius 2 is 1.84 bits per heavy atom. The summed E-state index contributed by atoms with van der Waals surface area (Å²) < 4.78 is 45.2. The second-order valence-electron chi connectivity index (χ2n) is 5.17. The Labute approximate surface area is 109 Å². The first-order valence-electron chi connectivity index (χ1n) is 6.15. The van der Waals surface area contributed by atoms with E-state index < -0.39 is 17.3 Å². The van der Waals surface area contributed by atoms with E-state index in [0.29, 0.717) is 0 Å². The van der Waals surface area contributed by atoms with Crippen molar-refractivity contribution in [2.24, 2.45) is 0 Å². The van der Waals surface area contributed by atoms with Crippen LogP contribution in [0.15, 0.2) is 42.5 Å². The molecular formula is C14H14F3NO. The summed E-state index contributed by atoms with van der Waals surface area (Å²) in [5.74, 6) is 0. The summed E-state index contributed by atoms with van der Waals surface area (Å²) in [4.78, 5) is 0. The third-order valence-corrected chi connectivity index (χ3v) is 3.72. The van der Waals surface area contributed by atoms with E-state index in [1.54, 1.807) is 36.4 Å². The van der Waals surface area contributed by atoms with Crippen molar-refractivity contribution in [2.75, 3.05) is 6.54 Å². The quantitative estimate of drug-likeness (QED) is 0.852. The molecule has 0 radical (unpaired) electrons. The summed E-state index contributed by atoms with van der Waals surface area (Å²) in [7, 11) is 0. The minimum atomic E-state index is -4.37. The van der Waals surface area contributed by atoms with E-state index in [4.69, 9.17) is 4.74 Å². The van der Waals surface area contributed by atoms with Crippen LogP contribution >= 0.6 is 0 Å². The van der Waals surface area contributed by atoms with E-state index >= 15 is 0 Å². The van der Waals surface area contributed by atoms with Crippen LogP contribution in [0.3, 0.4) is 0 Å². The molecule has 3 rings (SSSR count). The average molecular weight is 269 g/mol. The van der Waals surface area contributed by atoms with E-state index in [0.717, 1.165) is 5.56 Å². The first kappa shape index (κ1) is 12.7. The number of hydrogen-bond acceptors (Lipinski definition) is 2. The van der Waals surface area contributed by atoms with Crippen molar-refractivity contribution >= 4 is 0 Å². The van der Waals surface area contributed by atoms with Gasteiger partial charge in [0.2, 0.25) is 0 Å². The average Bonchev–Trinajstić information content (AvgIpc) is 3.00. The predicted octanol–water partition coefficient (Wildman–Crippen LogP) is 2.81. The zero-order valence-electron chi connectivity index (χ0n) is 10.2. The van der Waals surface area contributed by atoms with Gasteiger partial charge in [0, 0.05) is 13.0 Å². The lowest BCUT2D eigenvalue weighted by Gasteiger charge is -2.31. The molecule has 1 N–H and O–H groups in total. The van der Waals surface area contributed by atoms with Gasteiger partial charge < -0.3 is 10.1 Å². The maximum atomic E-state index is 13.3. The number of rotatable bonds is 3. The number of alkyl halides is 3. The molecule has 1 unspecified atom stereocenters. The van der Waals surface area contributed by atoms with Crippen LogP contribution in [0.4, 0.5) is 13.2 Å². The lowest BCUT2D eigenvalue weighted by atomic mass is 9.97. The van der Waals surface area contributed by atoms with Gasteiger partial charge in [-0.05, 0) is 5.56 Å². The Bertz CT molecular complexity index is 491. The molecule has 2 nitrogen and oxygen atoms in total. The lowest BCUT2D eigenvalue weighted by molar-refractivity contribution is -0.274. The Morgan fingerprint density at radius 1 is 1.16 bits per heavy atom. The van der Waals surface area contributed by atoms with Crippen molar-refractivity contribution in [3.05, 3.63) is 48.0 Å². The van der Waals surface area contributed by atoms with Crippen molar-refractivity contribution in [3.63, 3.8) is 0 Å². The Morgan fingerprint density at radius 3 is 2.37 bits per heavy atom. The summed E-state index contributed by atoms with van der Waals surface area (Å²) in [6, 6.07) is 8.92. The predicted molar refractivity (Wildman–Crippen MR) is 64.5 cm³/mol. The van der Waals surface area contributed by atoms with Crippen LogP contribution in [-0.4, -0.2) is 23.9 Å². The fourth-order valence-electron chi connectivity index (χ4n) is 2.42. The molecule has 1 atom stereocenters. The molecule has 1 fully saturated rings. The largest absolute Gasteiger partial charge is 0.418 e. The Balaban J connectivity index is 1.74. The maximum Gasteiger partial charge on any atom is 0.418 e. The minimum Gasteiger partial charge on any atom is -0.359 e. The van der Waals surface area contributed by atoms with E-state index in [2.05, 4.69) is 5.32 Å². The Hall–Kier alpha value is -1.33. The van der Waals surface area contributed by atoms with Crippen molar-refractivity contribution in [3.8, 4) is 0 Å². The molecule has 1 aromatic carbocycles. The fraction of sp³-hybridized carbons (Fsp3) is 0.429. The number of hydrogen-bond donors (Lipinski definition) is 1. The summed E-state index contributed by atoms with van der Waals surface area (Å²) in [6.45, 7) is -0.228. The zero-order chi connectivity index (χ0) is 13.6. The van der Waals surface area contributed by atoms with Gasteiger partial charge in [-0.15, -0.1) is 0 Å². The van der Waals surface area contributed by atoms with Gasteiger partial charge in [-0.2, -0.15) is 13.2 Å². The van der Waals surface area contributed by atoms with Gasteiger partial charge >= 0.3 is 6.18 Å². The molecule has 0 bridgehead atoms. The highest BCUT2D eigenvalue weighted by Crippen LogP contribution is 2.48. The molecule has 2 aliphatic rings. The van der Waals surface area contributed by atoms with Crippen LogP contribution in [0.1, 0.15) is 12.0 Å². The molecule has 1 heterocycles. The molecule has 0 amide bonds. The van der Waals surface area contributed by atoms with Crippen molar-refractivity contribution in [1.29, 1.82) is 0 Å². The topological polar surface area (TPSA) is 21.3 Å². The molecule has 1 spiro atoms. The van der Waals surface area contributed by atoms with Crippen molar-refractivity contribution < 1.29 is 17.9 Å². The van der Waals surface area contributed by atoms with Gasteiger partial charge in [-0.1, -0.05) is 42.5 Å². The lowest BCUT2D eigenvalue weighted by Crippen LogP contribution is -2.49. The number of benzene rings is 1. The minimum absolute atomic E-state index is 0.0297. The SMILES string of the molecule is FC(F)(F)C1(OCc2ccccc2)CNC2(C=C2)C1. The first-order chi connectivity index (χ1) is 8.95. The van der Waals surface area contributed by atoms with Crippen molar-refractivity contribution in [2.45, 2.75) is 30.3 Å². The van der Waals surface area contributed by atoms with Crippen LogP contribution in [0.2, 0.25) is 0 Å². The molecule has 1 aliphatic carbocycles. The van der Waals surface area contributed by atoms with E-state index in [1.165, 1.54) is 0 Å². The van der Waals surface area contributed by atoms with Gasteiger partial charge in [0.25, 0.3) is 0 Å². The summed E-state index contributed by atoms with van der Waals surface area (Å²) >= 11 is 0. The monoisotopic (exact) mass is 269 g/mol. The molecule has 0 saturated carbocycles. The van der Waals surface area contributed by atoms with E-state index in [1.807, 2.05) is 6.07 Å². The first-order valence-corrected chi connectivity index (χ1v) is 6.15. The van der Waals surface area contributed by atoms with Gasteiger partial charge in [0.15, 0.2) is 5.60 Å². The fourth-order valence-corrected chi connectivity index (χ4v) is 2.42. The number of ether oxygens (including phenoxy) is 1. The maximum absolute atomic E-state index is 13.3. The van der Waals surface area contributed by atoms with Gasteiger partial charge in [0.1, 0.15) is 0 Å². The molecule has 0 aromatic heterocycles. The highest BCUT2D eigenvalue weighted by molar-refractivity contribution is 5.38. The van der Waals surface area contributed by atoms with Gasteiger partial charge in [-0.25, -0.2) is 0 Å². The van der Waals surface area contributed by atoms with E-state index in [-0.39, 0.29) is 19.6 Å². The van der Waals surface area contributed by atoms with Crippen LogP contribution in [-0.2, 0) is 11.3 Å². The van der Waals surface area contributed by atoms with Gasteiger partial charge in [0.05, 0.1) is 12.1 Å². The second-order valence-corrected chi connectivity index (χ2v) is 5.17. The molecule has 19 heavy (non-hydrogen) atoms. The van der Waals surface area contributed by atoms with Crippen LogP contribution in [0, 0.1) is 0 Å². The number of nitrogens with one attached hydrogen (secondary N) is 1. The molecule has 102 valence electrons. The third-order valence-electron chi connectivity index (χ3n) is 3.72. The van der Waals surface area contributed by atoms with Crippen molar-refractivity contribution in [1.82, 2.24) is 5.32 Å². The normalized spacial score (nSPS) is 27.9. The smallest absolute Gasteiger partial charge is 0.359 e. The zero-order valence-corrected chi connectivity index (χ0v) is 10.2. The summed E-state index contributed by atoms with van der Waals surface area (Å²) in [5, 5.41) is 2.88. The second kappa shape index (κ2) is 4.08. The van der Waals surface area contributed by atoms with E-state index in [9.17, 15) is 13.2 Å². The molecule has 5 heteroatoms. The standard InChI is InChI=1S/C14H14F3NO/c15-14(16,17)13(9-12(6-7-12)18-10-13)19-8-11-4-2-1-3-5-11/h1-7,18H,8-10H2. The van der Waals surface area contributed by atoms with Crippen LogP contribution in [0.5, 0.6) is 0 Å².